The second-order valence-electron chi connectivity index (χ2n) is 5.62. The molecule has 2 amide bonds. The van der Waals surface area contributed by atoms with Gasteiger partial charge in [-0.25, -0.2) is 4.68 Å². The van der Waals surface area contributed by atoms with Gasteiger partial charge in [-0.1, -0.05) is 6.07 Å². The van der Waals surface area contributed by atoms with Gasteiger partial charge in [0.2, 0.25) is 11.8 Å². The number of primary amides is 1. The first kappa shape index (κ1) is 15.7. The van der Waals surface area contributed by atoms with E-state index in [-0.39, 0.29) is 24.3 Å². The Morgan fingerprint density at radius 2 is 2.30 bits per heavy atom. The molecule has 0 bridgehead atoms. The Labute approximate surface area is 138 Å². The van der Waals surface area contributed by atoms with Gasteiger partial charge in [0.25, 0.3) is 0 Å². The van der Waals surface area contributed by atoms with E-state index in [0.29, 0.717) is 18.9 Å². The second-order valence-corrected chi connectivity index (χ2v) is 6.66. The third kappa shape index (κ3) is 3.96. The summed E-state index contributed by atoms with van der Waals surface area (Å²) in [6.45, 7) is 2.16. The molecule has 2 aromatic rings. The van der Waals surface area contributed by atoms with Crippen molar-refractivity contribution in [3.8, 4) is 0 Å². The number of likely N-dealkylation sites (tertiary alicyclic amines) is 1. The minimum Gasteiger partial charge on any atom is -0.369 e. The number of aromatic nitrogens is 2. The number of rotatable bonds is 6. The van der Waals surface area contributed by atoms with Gasteiger partial charge in [-0.15, -0.1) is 11.3 Å². The number of thiophene rings is 1. The number of anilines is 1. The molecule has 1 saturated heterocycles. The Morgan fingerprint density at radius 3 is 3.00 bits per heavy atom. The van der Waals surface area contributed by atoms with Crippen LogP contribution in [0.15, 0.2) is 29.8 Å². The van der Waals surface area contributed by atoms with E-state index < -0.39 is 0 Å². The number of nitrogens with one attached hydrogen (secondary N) is 1. The molecule has 23 heavy (non-hydrogen) atoms. The van der Waals surface area contributed by atoms with Crippen molar-refractivity contribution in [1.29, 1.82) is 0 Å². The van der Waals surface area contributed by atoms with E-state index in [1.807, 2.05) is 22.4 Å². The number of carbonyl (C=O) groups excluding carboxylic acids is 2. The summed E-state index contributed by atoms with van der Waals surface area (Å²) in [5, 5.41) is 9.14. The minimum atomic E-state index is -0.290. The van der Waals surface area contributed by atoms with Crippen molar-refractivity contribution < 1.29 is 9.59 Å². The van der Waals surface area contributed by atoms with Crippen molar-refractivity contribution in [2.75, 3.05) is 25.0 Å². The van der Waals surface area contributed by atoms with Crippen LogP contribution in [-0.2, 0) is 16.1 Å². The van der Waals surface area contributed by atoms with E-state index in [2.05, 4.69) is 10.4 Å². The van der Waals surface area contributed by atoms with Gasteiger partial charge in [0, 0.05) is 17.5 Å². The fourth-order valence-corrected chi connectivity index (χ4v) is 3.39. The Hall–Kier alpha value is -2.19. The Balaban J connectivity index is 1.54. The lowest BCUT2D eigenvalue weighted by atomic mass is 10.1. The lowest BCUT2D eigenvalue weighted by molar-refractivity contribution is -0.122. The van der Waals surface area contributed by atoms with Crippen molar-refractivity contribution in [2.24, 2.45) is 11.7 Å². The van der Waals surface area contributed by atoms with Crippen molar-refractivity contribution >= 4 is 29.0 Å². The quantitative estimate of drug-likeness (QED) is 0.815. The smallest absolute Gasteiger partial charge is 0.239 e. The highest BCUT2D eigenvalue weighted by molar-refractivity contribution is 7.09. The van der Waals surface area contributed by atoms with Crippen LogP contribution < -0.4 is 11.1 Å². The van der Waals surface area contributed by atoms with Crippen molar-refractivity contribution in [3.05, 3.63) is 34.7 Å². The van der Waals surface area contributed by atoms with Crippen LogP contribution in [-0.4, -0.2) is 46.1 Å². The van der Waals surface area contributed by atoms with E-state index in [4.69, 9.17) is 5.73 Å². The standard InChI is InChI=1S/C15H19N5O2S/c16-15(22)11-4-6-19(8-11)10-14(21)18-13-3-5-17-20(13)9-12-2-1-7-23-12/h1-3,5,7,11H,4,6,8-10H2,(H2,16,22)(H,18,21)/t11-/m1/s1. The first-order valence-electron chi connectivity index (χ1n) is 7.47. The molecular formula is C15H19N5O2S. The number of nitrogens with zero attached hydrogens (tertiary/aromatic N) is 3. The van der Waals surface area contributed by atoms with E-state index in [1.54, 1.807) is 28.3 Å². The predicted molar refractivity (Wildman–Crippen MR) is 88.0 cm³/mol. The van der Waals surface area contributed by atoms with E-state index in [0.717, 1.165) is 13.0 Å². The summed E-state index contributed by atoms with van der Waals surface area (Å²) in [5.74, 6) is 0.131. The molecule has 0 spiro atoms. The lowest BCUT2D eigenvalue weighted by Gasteiger charge is -2.15. The third-order valence-electron chi connectivity index (χ3n) is 3.91. The van der Waals surface area contributed by atoms with Crippen LogP contribution in [0.2, 0.25) is 0 Å². The third-order valence-corrected chi connectivity index (χ3v) is 4.77. The summed E-state index contributed by atoms with van der Waals surface area (Å²) in [6.07, 6.45) is 2.39. The Morgan fingerprint density at radius 1 is 1.43 bits per heavy atom. The molecule has 3 N–H and O–H groups in total. The molecule has 7 nitrogen and oxygen atoms in total. The maximum Gasteiger partial charge on any atom is 0.239 e. The number of hydrogen-bond acceptors (Lipinski definition) is 5. The van der Waals surface area contributed by atoms with Crippen LogP contribution in [0, 0.1) is 5.92 Å². The summed E-state index contributed by atoms with van der Waals surface area (Å²) >= 11 is 1.65. The molecule has 3 heterocycles. The van der Waals surface area contributed by atoms with Crippen LogP contribution in [0.3, 0.4) is 0 Å². The van der Waals surface area contributed by atoms with Crippen LogP contribution in [0.25, 0.3) is 0 Å². The number of carbonyl (C=O) groups is 2. The van der Waals surface area contributed by atoms with E-state index >= 15 is 0 Å². The number of amides is 2. The SMILES string of the molecule is NC(=O)[C@@H]1CCN(CC(=O)Nc2ccnn2Cc2cccs2)C1. The number of nitrogens with two attached hydrogens (primary N) is 1. The molecule has 0 radical (unpaired) electrons. The second kappa shape index (κ2) is 6.93. The zero-order chi connectivity index (χ0) is 16.2. The Bertz CT molecular complexity index is 682. The fraction of sp³-hybridized carbons (Fsp3) is 0.400. The van der Waals surface area contributed by atoms with Gasteiger partial charge in [-0.2, -0.15) is 5.10 Å². The van der Waals surface area contributed by atoms with E-state index in [1.165, 1.54) is 4.88 Å². The molecule has 1 aliphatic heterocycles. The Kier molecular flexibility index (Phi) is 4.73. The van der Waals surface area contributed by atoms with Gasteiger partial charge in [-0.05, 0) is 24.4 Å². The maximum atomic E-state index is 12.2. The zero-order valence-electron chi connectivity index (χ0n) is 12.6. The molecule has 0 unspecified atom stereocenters. The summed E-state index contributed by atoms with van der Waals surface area (Å²) in [7, 11) is 0. The van der Waals surface area contributed by atoms with Crippen molar-refractivity contribution in [3.63, 3.8) is 0 Å². The van der Waals surface area contributed by atoms with Gasteiger partial charge >= 0.3 is 0 Å². The molecule has 1 atom stereocenters. The molecule has 8 heteroatoms. The average molecular weight is 333 g/mol. The monoisotopic (exact) mass is 333 g/mol. The molecule has 2 aromatic heterocycles. The van der Waals surface area contributed by atoms with Crippen LogP contribution >= 0.6 is 11.3 Å². The molecular weight excluding hydrogens is 314 g/mol. The normalized spacial score (nSPS) is 18.2. The molecule has 1 fully saturated rings. The number of hydrogen-bond donors (Lipinski definition) is 2. The van der Waals surface area contributed by atoms with Crippen LogP contribution in [0.5, 0.6) is 0 Å². The van der Waals surface area contributed by atoms with Crippen LogP contribution in [0.1, 0.15) is 11.3 Å². The molecule has 0 aromatic carbocycles. The predicted octanol–water partition coefficient (Wildman–Crippen LogP) is 0.739. The van der Waals surface area contributed by atoms with Crippen molar-refractivity contribution in [2.45, 2.75) is 13.0 Å². The van der Waals surface area contributed by atoms with Crippen molar-refractivity contribution in [1.82, 2.24) is 14.7 Å². The van der Waals surface area contributed by atoms with Gasteiger partial charge < -0.3 is 11.1 Å². The molecule has 0 saturated carbocycles. The van der Waals surface area contributed by atoms with Gasteiger partial charge in [0.15, 0.2) is 0 Å². The highest BCUT2D eigenvalue weighted by Crippen LogP contribution is 2.16. The van der Waals surface area contributed by atoms with Gasteiger partial charge in [0.1, 0.15) is 5.82 Å². The zero-order valence-corrected chi connectivity index (χ0v) is 13.5. The first-order valence-corrected chi connectivity index (χ1v) is 8.35. The maximum absolute atomic E-state index is 12.2. The highest BCUT2D eigenvalue weighted by atomic mass is 32.1. The molecule has 3 rings (SSSR count). The molecule has 122 valence electrons. The van der Waals surface area contributed by atoms with Crippen LogP contribution in [0.4, 0.5) is 5.82 Å². The first-order chi connectivity index (χ1) is 11.1. The van der Waals surface area contributed by atoms with Gasteiger partial charge in [0.05, 0.1) is 25.2 Å². The molecule has 1 aliphatic rings. The lowest BCUT2D eigenvalue weighted by Crippen LogP contribution is -2.33. The molecule has 0 aliphatic carbocycles. The highest BCUT2D eigenvalue weighted by Gasteiger charge is 2.27. The summed E-state index contributed by atoms with van der Waals surface area (Å²) in [6, 6.07) is 5.80. The topological polar surface area (TPSA) is 93.2 Å². The largest absolute Gasteiger partial charge is 0.369 e. The summed E-state index contributed by atoms with van der Waals surface area (Å²) in [4.78, 5) is 26.5. The van der Waals surface area contributed by atoms with E-state index in [9.17, 15) is 9.59 Å². The average Bonchev–Trinajstić information content (AvgIpc) is 3.22. The summed E-state index contributed by atoms with van der Waals surface area (Å²) in [5.41, 5.74) is 5.31. The fourth-order valence-electron chi connectivity index (χ4n) is 2.71. The van der Waals surface area contributed by atoms with Gasteiger partial charge in [-0.3, -0.25) is 14.5 Å². The summed E-state index contributed by atoms with van der Waals surface area (Å²) < 4.78 is 1.76. The minimum absolute atomic E-state index is 0.108.